The average Bonchev–Trinajstić information content (AvgIpc) is 3.96. The Morgan fingerprint density at radius 3 is 1.60 bits per heavy atom. The summed E-state index contributed by atoms with van der Waals surface area (Å²) in [6.07, 6.45) is 8.26. The Balaban J connectivity index is 0.000000185. The standard InChI is InChI=1S/C28H37ClN8O3S.C19H18Cl3N5O3S/c1-3-33-13-15-35(16-14-33)27-19-25(34-10-6-11-34)30-26-18-23(31-37(26)27)24-7-4-5-12-36(24)28(38)21-17-20(29)8-9-22(21)32-41(2,39)40;1-31(29,30)25-13-6-5-11(20)8-12(13)19(28)26-7-3-2-4-15(26)14-9-18-23-16(21)10-17(22)27(18)24-14/h8-9,17-19,24,32H,3-7,10-16H2,1-2H3;5-6,8-10,15,25H,2-4,7H2,1H3/t24-;15-/m00/s1. The summed E-state index contributed by atoms with van der Waals surface area (Å²) in [7, 11) is -7.17. The van der Waals surface area contributed by atoms with E-state index < -0.39 is 20.0 Å². The molecule has 8 heterocycles. The molecule has 0 bridgehead atoms. The third kappa shape index (κ3) is 11.6. The van der Waals surface area contributed by atoms with Crippen LogP contribution < -0.4 is 19.2 Å². The molecule has 2 amide bonds. The number of carbonyl (C=O) groups excluding carboxylic acids is 2. The van der Waals surface area contributed by atoms with Gasteiger partial charge in [-0.25, -0.2) is 31.3 Å². The molecule has 4 fully saturated rings. The van der Waals surface area contributed by atoms with Gasteiger partial charge in [-0.15, -0.1) is 0 Å². The van der Waals surface area contributed by atoms with Crippen molar-refractivity contribution in [3.63, 3.8) is 0 Å². The molecule has 0 radical (unpaired) electrons. The van der Waals surface area contributed by atoms with E-state index in [1.165, 1.54) is 47.3 Å². The zero-order chi connectivity index (χ0) is 51.1. The van der Waals surface area contributed by atoms with E-state index in [4.69, 9.17) is 56.5 Å². The number of hydrogen-bond acceptors (Lipinski definition) is 13. The van der Waals surface area contributed by atoms with E-state index >= 15 is 0 Å². The Morgan fingerprint density at radius 2 is 1.11 bits per heavy atom. The van der Waals surface area contributed by atoms with Crippen LogP contribution in [-0.4, -0.2) is 144 Å². The minimum atomic E-state index is -3.59. The van der Waals surface area contributed by atoms with Gasteiger partial charge < -0.3 is 24.5 Å². The number of hydrogen-bond donors (Lipinski definition) is 2. The van der Waals surface area contributed by atoms with Crippen molar-refractivity contribution in [3.05, 3.63) is 104 Å². The van der Waals surface area contributed by atoms with E-state index in [1.54, 1.807) is 21.9 Å². The van der Waals surface area contributed by atoms with E-state index in [0.29, 0.717) is 46.0 Å². The first-order valence-electron chi connectivity index (χ1n) is 23.8. The number of piperidine rings is 2. The molecule has 0 saturated carbocycles. The topological polar surface area (TPSA) is 203 Å². The Morgan fingerprint density at radius 1 is 0.597 bits per heavy atom. The highest BCUT2D eigenvalue weighted by molar-refractivity contribution is 7.92. The van der Waals surface area contributed by atoms with Crippen LogP contribution in [-0.2, 0) is 20.0 Å². The second-order valence-corrected chi connectivity index (χ2v) is 23.6. The molecule has 10 rings (SSSR count). The highest BCUT2D eigenvalue weighted by Crippen LogP contribution is 2.37. The molecule has 0 unspecified atom stereocenters. The van der Waals surface area contributed by atoms with Gasteiger partial charge >= 0.3 is 0 Å². The van der Waals surface area contributed by atoms with Crippen LogP contribution in [0.5, 0.6) is 0 Å². The van der Waals surface area contributed by atoms with Crippen molar-refractivity contribution in [1.29, 1.82) is 0 Å². The maximum Gasteiger partial charge on any atom is 0.256 e. The van der Waals surface area contributed by atoms with Crippen molar-refractivity contribution in [2.45, 2.75) is 64.0 Å². The number of likely N-dealkylation sites (N-methyl/N-ethyl adjacent to an activating group) is 1. The van der Waals surface area contributed by atoms with Crippen molar-refractivity contribution in [2.24, 2.45) is 0 Å². The fourth-order valence-corrected chi connectivity index (χ4v) is 11.7. The predicted molar refractivity (Wildman–Crippen MR) is 282 cm³/mol. The first-order valence-corrected chi connectivity index (χ1v) is 29.1. The fraction of sp³-hybridized carbons (Fsp3) is 0.447. The lowest BCUT2D eigenvalue weighted by Gasteiger charge is -2.37. The number of benzene rings is 2. The van der Waals surface area contributed by atoms with Crippen molar-refractivity contribution in [3.8, 4) is 0 Å². The molecule has 0 spiro atoms. The third-order valence-electron chi connectivity index (χ3n) is 13.3. The number of nitrogens with zero attached hydrogens (tertiary/aromatic N) is 11. The number of aromatic nitrogens is 6. The van der Waals surface area contributed by atoms with Crippen LogP contribution >= 0.6 is 46.4 Å². The minimum Gasteiger partial charge on any atom is -0.356 e. The van der Waals surface area contributed by atoms with E-state index in [9.17, 15) is 26.4 Å². The van der Waals surface area contributed by atoms with E-state index in [-0.39, 0.29) is 51.6 Å². The van der Waals surface area contributed by atoms with Gasteiger partial charge in [-0.1, -0.05) is 53.3 Å². The number of amides is 2. The van der Waals surface area contributed by atoms with Crippen LogP contribution in [0.2, 0.25) is 20.4 Å². The van der Waals surface area contributed by atoms with Gasteiger partial charge in [0.2, 0.25) is 20.0 Å². The summed E-state index contributed by atoms with van der Waals surface area (Å²) in [5.74, 6) is 1.38. The molecule has 4 aromatic heterocycles. The number of anilines is 4. The van der Waals surface area contributed by atoms with Crippen molar-refractivity contribution in [1.82, 2.24) is 43.9 Å². The zero-order valence-corrected chi connectivity index (χ0v) is 44.6. The Kier molecular flexibility index (Phi) is 15.3. The molecule has 384 valence electrons. The summed E-state index contributed by atoms with van der Waals surface area (Å²) in [6.45, 7) is 10.1. The average molecular weight is 1100 g/mol. The quantitative estimate of drug-likeness (QED) is 0.119. The van der Waals surface area contributed by atoms with Gasteiger partial charge in [-0.3, -0.25) is 19.0 Å². The van der Waals surface area contributed by atoms with Crippen LogP contribution in [0.15, 0.2) is 60.7 Å². The van der Waals surface area contributed by atoms with Crippen molar-refractivity contribution in [2.75, 3.05) is 90.7 Å². The van der Waals surface area contributed by atoms with Crippen LogP contribution in [0.25, 0.3) is 11.3 Å². The Labute approximate surface area is 438 Å². The number of halogens is 4. The van der Waals surface area contributed by atoms with Crippen LogP contribution in [0.1, 0.15) is 96.1 Å². The fourth-order valence-electron chi connectivity index (χ4n) is 9.68. The molecule has 25 heteroatoms. The lowest BCUT2D eigenvalue weighted by Crippen LogP contribution is -2.47. The maximum absolute atomic E-state index is 14.0. The van der Waals surface area contributed by atoms with Gasteiger partial charge in [-0.2, -0.15) is 14.7 Å². The highest BCUT2D eigenvalue weighted by Gasteiger charge is 2.35. The van der Waals surface area contributed by atoms with Crippen LogP contribution in [0, 0.1) is 0 Å². The molecule has 2 aromatic carbocycles. The molecular formula is C47H55Cl4N13O6S2. The molecule has 6 aromatic rings. The van der Waals surface area contributed by atoms with Gasteiger partial charge in [0, 0.05) is 86.7 Å². The van der Waals surface area contributed by atoms with E-state index in [2.05, 4.69) is 47.2 Å². The van der Waals surface area contributed by atoms with E-state index in [0.717, 1.165) is 113 Å². The largest absolute Gasteiger partial charge is 0.356 e. The van der Waals surface area contributed by atoms with Gasteiger partial charge in [0.1, 0.15) is 21.9 Å². The molecule has 4 aliphatic rings. The molecular weight excluding hydrogens is 1050 g/mol. The second kappa shape index (κ2) is 21.4. The smallest absolute Gasteiger partial charge is 0.256 e. The van der Waals surface area contributed by atoms with Crippen LogP contribution in [0.4, 0.5) is 23.0 Å². The third-order valence-corrected chi connectivity index (χ3v) is 15.4. The van der Waals surface area contributed by atoms with Crippen LogP contribution in [0.3, 0.4) is 0 Å². The van der Waals surface area contributed by atoms with Crippen molar-refractivity contribution >= 4 is 113 Å². The molecule has 2 atom stereocenters. The zero-order valence-electron chi connectivity index (χ0n) is 39.9. The summed E-state index contributed by atoms with van der Waals surface area (Å²) in [4.78, 5) is 47.3. The summed E-state index contributed by atoms with van der Waals surface area (Å²) in [6, 6.07) is 15.9. The minimum absolute atomic E-state index is 0.174. The first-order chi connectivity index (χ1) is 34.3. The first kappa shape index (κ1) is 51.7. The van der Waals surface area contributed by atoms with Gasteiger partial charge in [0.05, 0.1) is 58.5 Å². The normalized spacial score (nSPS) is 19.0. The Bertz CT molecular complexity index is 3260. The molecule has 4 aliphatic heterocycles. The van der Waals surface area contributed by atoms with Gasteiger partial charge in [0.15, 0.2) is 11.3 Å². The summed E-state index contributed by atoms with van der Waals surface area (Å²) in [5, 5.41) is 10.9. The number of carbonyl (C=O) groups is 2. The number of nitrogens with one attached hydrogen (secondary N) is 2. The second-order valence-electron chi connectivity index (χ2n) is 18.5. The monoisotopic (exact) mass is 1100 g/mol. The summed E-state index contributed by atoms with van der Waals surface area (Å²) < 4.78 is 55.9. The molecule has 2 N–H and O–H groups in total. The lowest BCUT2D eigenvalue weighted by atomic mass is 9.98. The molecule has 72 heavy (non-hydrogen) atoms. The maximum atomic E-state index is 14.0. The number of sulfonamides is 2. The molecule has 19 nitrogen and oxygen atoms in total. The summed E-state index contributed by atoms with van der Waals surface area (Å²) in [5.41, 5.74) is 3.47. The molecule has 0 aliphatic carbocycles. The van der Waals surface area contributed by atoms with Gasteiger partial charge in [-0.05, 0) is 87.9 Å². The summed E-state index contributed by atoms with van der Waals surface area (Å²) >= 11 is 24.6. The predicted octanol–water partition coefficient (Wildman–Crippen LogP) is 7.90. The number of piperazine rings is 1. The van der Waals surface area contributed by atoms with Gasteiger partial charge in [0.25, 0.3) is 11.8 Å². The van der Waals surface area contributed by atoms with Crippen molar-refractivity contribution < 1.29 is 26.4 Å². The lowest BCUT2D eigenvalue weighted by molar-refractivity contribution is 0.0600. The Hall–Kier alpha value is -5.16. The number of likely N-dealkylation sites (tertiary alicyclic amines) is 2. The number of fused-ring (bicyclic) bond motifs is 2. The van der Waals surface area contributed by atoms with E-state index in [1.807, 2.05) is 10.6 Å². The SMILES string of the molecule is CCN1CCN(c2cc(N3CCC3)nc3cc([C@@H]4CCCCN4C(=O)c4cc(Cl)ccc4NS(C)(=O)=O)nn23)CC1.CS(=O)(=O)Nc1ccc(Cl)cc1C(=O)N1CCCC[C@H]1c1cc2nc(Cl)cc(Cl)n2n1. The number of rotatable bonds is 11. The highest BCUT2D eigenvalue weighted by atomic mass is 35.5. The molecule has 4 saturated heterocycles.